The average Bonchev–Trinajstić information content (AvgIpc) is 2.09. The minimum absolute atomic E-state index is 0.158. The number of nitrogens with zero attached hydrogens (tertiary/aromatic N) is 1. The highest BCUT2D eigenvalue weighted by Gasteiger charge is 2.26. The van der Waals surface area contributed by atoms with Gasteiger partial charge in [0.15, 0.2) is 0 Å². The van der Waals surface area contributed by atoms with E-state index in [2.05, 4.69) is 4.98 Å². The van der Waals surface area contributed by atoms with Gasteiger partial charge in [-0.2, -0.15) is 13.2 Å². The number of anilines is 1. The molecule has 0 saturated carbocycles. The maximum absolute atomic E-state index is 11.8. The van der Waals surface area contributed by atoms with Crippen LogP contribution < -0.4 is 10.5 Å². The zero-order chi connectivity index (χ0) is 11.5. The summed E-state index contributed by atoms with van der Waals surface area (Å²) in [6.45, 7) is 1.23. The first-order valence-corrected chi connectivity index (χ1v) is 4.31. The third-order valence-electron chi connectivity index (χ3n) is 1.74. The van der Waals surface area contributed by atoms with Crippen molar-refractivity contribution in [3.8, 4) is 5.88 Å². The molecule has 0 fully saturated rings. The molecule has 0 aliphatic rings. The van der Waals surface area contributed by atoms with E-state index in [0.29, 0.717) is 11.4 Å². The second-order valence-corrected chi connectivity index (χ2v) is 3.04. The van der Waals surface area contributed by atoms with Crippen LogP contribution in [0.1, 0.15) is 12.1 Å². The lowest BCUT2D eigenvalue weighted by Gasteiger charge is -2.08. The van der Waals surface area contributed by atoms with E-state index in [1.165, 1.54) is 6.07 Å². The Bertz CT molecular complexity index is 339. The molecule has 0 atom stereocenters. The Hall–Kier alpha value is -1.46. The van der Waals surface area contributed by atoms with Crippen LogP contribution in [0.4, 0.5) is 18.9 Å². The summed E-state index contributed by atoms with van der Waals surface area (Å²) in [4.78, 5) is 3.88. The third kappa shape index (κ3) is 4.05. The molecule has 1 rings (SSSR count). The molecule has 0 amide bonds. The summed E-state index contributed by atoms with van der Waals surface area (Å²) in [5, 5.41) is 0. The van der Waals surface area contributed by atoms with Gasteiger partial charge < -0.3 is 10.5 Å². The van der Waals surface area contributed by atoms with Gasteiger partial charge in [-0.15, -0.1) is 0 Å². The predicted molar refractivity (Wildman–Crippen MR) is 49.6 cm³/mol. The molecule has 84 valence electrons. The molecule has 0 bridgehead atoms. The van der Waals surface area contributed by atoms with Crippen molar-refractivity contribution in [3.63, 3.8) is 0 Å². The van der Waals surface area contributed by atoms with Gasteiger partial charge in [-0.25, -0.2) is 4.98 Å². The van der Waals surface area contributed by atoms with Crippen molar-refractivity contribution < 1.29 is 17.9 Å². The number of rotatable bonds is 3. The normalized spacial score (nSPS) is 11.5. The van der Waals surface area contributed by atoms with Crippen LogP contribution in [0.15, 0.2) is 12.1 Å². The van der Waals surface area contributed by atoms with Crippen molar-refractivity contribution in [1.29, 1.82) is 0 Å². The number of aryl methyl sites for hydroxylation is 1. The summed E-state index contributed by atoms with van der Waals surface area (Å²) in [6.07, 6.45) is -5.19. The van der Waals surface area contributed by atoms with Crippen molar-refractivity contribution >= 4 is 5.69 Å². The zero-order valence-corrected chi connectivity index (χ0v) is 8.14. The number of pyridine rings is 1. The van der Waals surface area contributed by atoms with Crippen LogP contribution >= 0.6 is 0 Å². The lowest BCUT2D eigenvalue weighted by atomic mass is 10.3. The van der Waals surface area contributed by atoms with Crippen LogP contribution in [0.5, 0.6) is 5.88 Å². The van der Waals surface area contributed by atoms with Crippen molar-refractivity contribution in [2.24, 2.45) is 0 Å². The van der Waals surface area contributed by atoms with Gasteiger partial charge in [0.05, 0.1) is 24.4 Å². The van der Waals surface area contributed by atoms with Crippen molar-refractivity contribution in [1.82, 2.24) is 4.98 Å². The lowest BCUT2D eigenvalue weighted by Crippen LogP contribution is -2.13. The fourth-order valence-corrected chi connectivity index (χ4v) is 0.900. The summed E-state index contributed by atoms with van der Waals surface area (Å²) in [7, 11) is 0. The summed E-state index contributed by atoms with van der Waals surface area (Å²) < 4.78 is 40.2. The zero-order valence-electron chi connectivity index (χ0n) is 8.14. The molecule has 3 nitrogen and oxygen atoms in total. The molecule has 0 unspecified atom stereocenters. The van der Waals surface area contributed by atoms with Gasteiger partial charge >= 0.3 is 6.18 Å². The molecule has 0 aliphatic heterocycles. The van der Waals surface area contributed by atoms with E-state index in [9.17, 15) is 13.2 Å². The summed E-state index contributed by atoms with van der Waals surface area (Å²) in [6, 6.07) is 2.99. The number of hydrogen-bond acceptors (Lipinski definition) is 3. The Labute approximate surface area is 85.1 Å². The number of nitrogen functional groups attached to an aromatic ring is 1. The lowest BCUT2D eigenvalue weighted by molar-refractivity contribution is -0.139. The van der Waals surface area contributed by atoms with E-state index >= 15 is 0 Å². The van der Waals surface area contributed by atoms with Gasteiger partial charge in [0, 0.05) is 6.07 Å². The molecule has 2 N–H and O–H groups in total. The molecule has 0 radical (unpaired) electrons. The molecule has 0 saturated heterocycles. The van der Waals surface area contributed by atoms with Crippen LogP contribution in [0, 0.1) is 6.92 Å². The van der Waals surface area contributed by atoms with Crippen molar-refractivity contribution in [2.75, 3.05) is 12.3 Å². The van der Waals surface area contributed by atoms with E-state index in [1.54, 1.807) is 13.0 Å². The van der Waals surface area contributed by atoms with Crippen LogP contribution in [-0.4, -0.2) is 17.8 Å². The Morgan fingerprint density at radius 1 is 1.40 bits per heavy atom. The van der Waals surface area contributed by atoms with E-state index < -0.39 is 19.2 Å². The van der Waals surface area contributed by atoms with E-state index in [1.807, 2.05) is 0 Å². The second kappa shape index (κ2) is 4.37. The molecule has 1 aromatic rings. The molecule has 15 heavy (non-hydrogen) atoms. The first-order valence-electron chi connectivity index (χ1n) is 4.31. The van der Waals surface area contributed by atoms with E-state index in [0.717, 1.165) is 0 Å². The summed E-state index contributed by atoms with van der Waals surface area (Å²) in [5.74, 6) is 0.158. The maximum Gasteiger partial charge on any atom is 0.392 e. The van der Waals surface area contributed by atoms with Gasteiger partial charge in [0.25, 0.3) is 0 Å². The van der Waals surface area contributed by atoms with Gasteiger partial charge in [0.1, 0.15) is 0 Å². The van der Waals surface area contributed by atoms with Crippen LogP contribution in [-0.2, 0) is 0 Å². The number of alkyl halides is 3. The predicted octanol–water partition coefficient (Wildman–Crippen LogP) is 2.30. The minimum Gasteiger partial charge on any atom is -0.477 e. The highest BCUT2D eigenvalue weighted by atomic mass is 19.4. The van der Waals surface area contributed by atoms with Crippen LogP contribution in [0.2, 0.25) is 0 Å². The Morgan fingerprint density at radius 3 is 2.60 bits per heavy atom. The molecular weight excluding hydrogens is 209 g/mol. The standard InChI is InChI=1S/C9H11F3N2O/c1-6-7(13)2-3-8(14-6)15-5-4-9(10,11)12/h2-3H,4-5,13H2,1H3. The molecule has 1 heterocycles. The number of ether oxygens (including phenoxy) is 1. The van der Waals surface area contributed by atoms with Gasteiger partial charge in [0.2, 0.25) is 5.88 Å². The topological polar surface area (TPSA) is 48.1 Å². The first kappa shape index (κ1) is 11.6. The molecule has 6 heteroatoms. The summed E-state index contributed by atoms with van der Waals surface area (Å²) >= 11 is 0. The van der Waals surface area contributed by atoms with Gasteiger partial charge in [-0.05, 0) is 13.0 Å². The quantitative estimate of drug-likeness (QED) is 0.850. The molecule has 0 aliphatic carbocycles. The SMILES string of the molecule is Cc1nc(OCCC(F)(F)F)ccc1N. The monoisotopic (exact) mass is 220 g/mol. The molecule has 1 aromatic heterocycles. The van der Waals surface area contributed by atoms with Gasteiger partial charge in [-0.3, -0.25) is 0 Å². The second-order valence-electron chi connectivity index (χ2n) is 3.04. The molecular formula is C9H11F3N2O. The highest BCUT2D eigenvalue weighted by molar-refractivity contribution is 5.43. The van der Waals surface area contributed by atoms with Gasteiger partial charge in [-0.1, -0.05) is 0 Å². The molecule has 0 aromatic carbocycles. The Balaban J connectivity index is 2.48. The highest BCUT2D eigenvalue weighted by Crippen LogP contribution is 2.20. The third-order valence-corrected chi connectivity index (χ3v) is 1.74. The number of nitrogens with two attached hydrogens (primary N) is 1. The Morgan fingerprint density at radius 2 is 2.07 bits per heavy atom. The Kier molecular flexibility index (Phi) is 3.39. The van der Waals surface area contributed by atoms with Crippen LogP contribution in [0.3, 0.4) is 0 Å². The summed E-state index contributed by atoms with van der Waals surface area (Å²) in [5.41, 5.74) is 6.51. The van der Waals surface area contributed by atoms with E-state index in [-0.39, 0.29) is 5.88 Å². The van der Waals surface area contributed by atoms with Crippen LogP contribution in [0.25, 0.3) is 0 Å². The minimum atomic E-state index is -4.21. The average molecular weight is 220 g/mol. The fraction of sp³-hybridized carbons (Fsp3) is 0.444. The number of hydrogen-bond donors (Lipinski definition) is 1. The maximum atomic E-state index is 11.8. The smallest absolute Gasteiger partial charge is 0.392 e. The van der Waals surface area contributed by atoms with Crippen molar-refractivity contribution in [3.05, 3.63) is 17.8 Å². The largest absolute Gasteiger partial charge is 0.477 e. The first-order chi connectivity index (χ1) is 6.88. The van der Waals surface area contributed by atoms with Crippen molar-refractivity contribution in [2.45, 2.75) is 19.5 Å². The number of aromatic nitrogens is 1. The number of halogens is 3. The molecule has 0 spiro atoms. The van der Waals surface area contributed by atoms with E-state index in [4.69, 9.17) is 10.5 Å². The fourth-order valence-electron chi connectivity index (χ4n) is 0.900.